The average Bonchev–Trinajstić information content (AvgIpc) is 3.03. The molecule has 0 spiro atoms. The molecule has 0 fully saturated rings. The van der Waals surface area contributed by atoms with Gasteiger partial charge in [0.15, 0.2) is 0 Å². The molecule has 0 radical (unpaired) electrons. The standard InChI is InChI=1S/C22H18FNO/c23-20-12-11-17-13-18(25)14-19(17)22(20)24-21(15-7-3-1-4-8-15)16-9-5-2-6-10-16/h1-12,18,25H,13-14H2. The monoisotopic (exact) mass is 331 g/mol. The molecule has 3 heteroatoms. The van der Waals surface area contributed by atoms with Gasteiger partial charge in [0.1, 0.15) is 11.5 Å². The van der Waals surface area contributed by atoms with E-state index in [0.717, 1.165) is 28.0 Å². The highest BCUT2D eigenvalue weighted by Crippen LogP contribution is 2.34. The van der Waals surface area contributed by atoms with Crippen molar-refractivity contribution in [2.45, 2.75) is 18.9 Å². The summed E-state index contributed by atoms with van der Waals surface area (Å²) in [5.74, 6) is -0.350. The van der Waals surface area contributed by atoms with Crippen molar-refractivity contribution in [1.82, 2.24) is 0 Å². The fourth-order valence-corrected chi connectivity index (χ4v) is 3.35. The van der Waals surface area contributed by atoms with Crippen molar-refractivity contribution in [2.75, 3.05) is 0 Å². The van der Waals surface area contributed by atoms with Gasteiger partial charge in [0.05, 0.1) is 11.8 Å². The second-order valence-corrected chi connectivity index (χ2v) is 6.29. The molecule has 0 amide bonds. The van der Waals surface area contributed by atoms with Crippen LogP contribution in [0.15, 0.2) is 77.8 Å². The van der Waals surface area contributed by atoms with Gasteiger partial charge < -0.3 is 5.11 Å². The molecule has 0 bridgehead atoms. The Morgan fingerprint density at radius 3 is 2.04 bits per heavy atom. The maximum Gasteiger partial charge on any atom is 0.149 e. The minimum absolute atomic E-state index is 0.344. The van der Waals surface area contributed by atoms with E-state index in [-0.39, 0.29) is 5.82 Å². The molecule has 2 nitrogen and oxygen atoms in total. The molecular weight excluding hydrogens is 313 g/mol. The van der Waals surface area contributed by atoms with E-state index in [4.69, 9.17) is 4.99 Å². The molecule has 1 atom stereocenters. The van der Waals surface area contributed by atoms with Crippen molar-refractivity contribution in [3.05, 3.63) is 101 Å². The molecule has 0 saturated carbocycles. The third-order valence-corrected chi connectivity index (χ3v) is 4.54. The molecular formula is C22H18FNO. The molecule has 1 aliphatic rings. The van der Waals surface area contributed by atoms with Gasteiger partial charge in [-0.15, -0.1) is 0 Å². The van der Waals surface area contributed by atoms with Gasteiger partial charge in [0, 0.05) is 17.5 Å². The number of hydrogen-bond donors (Lipinski definition) is 1. The molecule has 0 saturated heterocycles. The molecule has 0 heterocycles. The van der Waals surface area contributed by atoms with Gasteiger partial charge in [-0.25, -0.2) is 9.38 Å². The second-order valence-electron chi connectivity index (χ2n) is 6.29. The van der Waals surface area contributed by atoms with Crippen molar-refractivity contribution >= 4 is 11.4 Å². The number of halogens is 1. The predicted octanol–water partition coefficient (Wildman–Crippen LogP) is 4.45. The lowest BCUT2D eigenvalue weighted by Crippen LogP contribution is -2.05. The van der Waals surface area contributed by atoms with Crippen molar-refractivity contribution in [3.63, 3.8) is 0 Å². The lowest BCUT2D eigenvalue weighted by atomic mass is 10.0. The SMILES string of the molecule is OC1Cc2ccc(F)c(N=C(c3ccccc3)c3ccccc3)c2C1. The Bertz CT molecular complexity index is 878. The molecule has 3 aromatic carbocycles. The zero-order valence-electron chi connectivity index (χ0n) is 13.7. The van der Waals surface area contributed by atoms with Crippen LogP contribution >= 0.6 is 0 Å². The average molecular weight is 331 g/mol. The summed E-state index contributed by atoms with van der Waals surface area (Å²) in [7, 11) is 0. The van der Waals surface area contributed by atoms with Crippen LogP contribution in [0.1, 0.15) is 22.3 Å². The zero-order valence-corrected chi connectivity index (χ0v) is 13.7. The number of aliphatic imine (C=N–C) groups is 1. The summed E-state index contributed by atoms with van der Waals surface area (Å²) in [6, 6.07) is 22.8. The molecule has 0 aromatic heterocycles. The number of nitrogens with zero attached hydrogens (tertiary/aromatic N) is 1. The number of rotatable bonds is 3. The van der Waals surface area contributed by atoms with E-state index < -0.39 is 6.10 Å². The molecule has 1 aliphatic carbocycles. The van der Waals surface area contributed by atoms with Gasteiger partial charge in [-0.05, 0) is 23.6 Å². The Morgan fingerprint density at radius 1 is 0.840 bits per heavy atom. The number of hydrogen-bond acceptors (Lipinski definition) is 2. The van der Waals surface area contributed by atoms with Crippen LogP contribution in [0.5, 0.6) is 0 Å². The van der Waals surface area contributed by atoms with Crippen LogP contribution in [-0.4, -0.2) is 16.9 Å². The summed E-state index contributed by atoms with van der Waals surface area (Å²) < 4.78 is 14.6. The van der Waals surface area contributed by atoms with E-state index in [1.54, 1.807) is 6.07 Å². The van der Waals surface area contributed by atoms with Gasteiger partial charge in [0.2, 0.25) is 0 Å². The Labute approximate surface area is 146 Å². The van der Waals surface area contributed by atoms with Crippen LogP contribution in [0.2, 0.25) is 0 Å². The van der Waals surface area contributed by atoms with Gasteiger partial charge in [-0.3, -0.25) is 0 Å². The summed E-state index contributed by atoms with van der Waals surface area (Å²) in [6.07, 6.45) is 0.551. The smallest absolute Gasteiger partial charge is 0.149 e. The first kappa shape index (κ1) is 15.7. The molecule has 0 aliphatic heterocycles. The molecule has 1 unspecified atom stereocenters. The lowest BCUT2D eigenvalue weighted by Gasteiger charge is -2.11. The first-order valence-corrected chi connectivity index (χ1v) is 8.40. The Kier molecular flexibility index (Phi) is 4.16. The lowest BCUT2D eigenvalue weighted by molar-refractivity contribution is 0.187. The molecule has 3 aromatic rings. The molecule has 1 N–H and O–H groups in total. The third kappa shape index (κ3) is 3.11. The topological polar surface area (TPSA) is 32.6 Å². The van der Waals surface area contributed by atoms with Crippen LogP contribution in [0.4, 0.5) is 10.1 Å². The highest BCUT2D eigenvalue weighted by Gasteiger charge is 2.24. The van der Waals surface area contributed by atoms with Gasteiger partial charge in [-0.2, -0.15) is 0 Å². The number of aliphatic hydroxyl groups excluding tert-OH is 1. The first-order chi connectivity index (χ1) is 12.2. The highest BCUT2D eigenvalue weighted by molar-refractivity contribution is 6.14. The number of fused-ring (bicyclic) bond motifs is 1. The zero-order chi connectivity index (χ0) is 17.2. The van der Waals surface area contributed by atoms with Gasteiger partial charge in [0.25, 0.3) is 0 Å². The van der Waals surface area contributed by atoms with E-state index in [2.05, 4.69) is 0 Å². The predicted molar refractivity (Wildman–Crippen MR) is 98.0 cm³/mol. The van der Waals surface area contributed by atoms with E-state index in [1.807, 2.05) is 60.7 Å². The van der Waals surface area contributed by atoms with Crippen LogP contribution < -0.4 is 0 Å². The first-order valence-electron chi connectivity index (χ1n) is 8.40. The maximum absolute atomic E-state index is 14.6. The minimum Gasteiger partial charge on any atom is -0.392 e. The molecule has 124 valence electrons. The number of aliphatic hydroxyl groups is 1. The summed E-state index contributed by atoms with van der Waals surface area (Å²) in [5.41, 5.74) is 4.74. The van der Waals surface area contributed by atoms with E-state index in [9.17, 15) is 9.50 Å². The third-order valence-electron chi connectivity index (χ3n) is 4.54. The second kappa shape index (κ2) is 6.61. The van der Waals surface area contributed by atoms with Gasteiger partial charge in [-0.1, -0.05) is 66.7 Å². The fraction of sp³-hybridized carbons (Fsp3) is 0.136. The summed E-state index contributed by atoms with van der Waals surface area (Å²) in [5, 5.41) is 9.96. The van der Waals surface area contributed by atoms with Crippen molar-refractivity contribution in [3.8, 4) is 0 Å². The van der Waals surface area contributed by atoms with Crippen molar-refractivity contribution in [1.29, 1.82) is 0 Å². The van der Waals surface area contributed by atoms with Crippen LogP contribution in [0, 0.1) is 5.82 Å². The van der Waals surface area contributed by atoms with Crippen molar-refractivity contribution < 1.29 is 9.50 Å². The Balaban J connectivity index is 1.91. The van der Waals surface area contributed by atoms with Crippen LogP contribution in [-0.2, 0) is 12.8 Å². The summed E-state index contributed by atoms with van der Waals surface area (Å²) >= 11 is 0. The maximum atomic E-state index is 14.6. The fourth-order valence-electron chi connectivity index (χ4n) is 3.35. The van der Waals surface area contributed by atoms with E-state index in [1.165, 1.54) is 6.07 Å². The molecule has 4 rings (SSSR count). The van der Waals surface area contributed by atoms with Crippen LogP contribution in [0.25, 0.3) is 0 Å². The Hall–Kier alpha value is -2.78. The van der Waals surface area contributed by atoms with Gasteiger partial charge >= 0.3 is 0 Å². The summed E-state index contributed by atoms with van der Waals surface area (Å²) in [6.45, 7) is 0. The van der Waals surface area contributed by atoms with Crippen LogP contribution in [0.3, 0.4) is 0 Å². The van der Waals surface area contributed by atoms with E-state index >= 15 is 0 Å². The Morgan fingerprint density at radius 2 is 1.44 bits per heavy atom. The summed E-state index contributed by atoms with van der Waals surface area (Å²) in [4.78, 5) is 4.74. The normalized spacial score (nSPS) is 15.7. The molecule has 25 heavy (non-hydrogen) atoms. The van der Waals surface area contributed by atoms with E-state index in [0.29, 0.717) is 18.5 Å². The quantitative estimate of drug-likeness (QED) is 0.707. The van der Waals surface area contributed by atoms with Crippen molar-refractivity contribution in [2.24, 2.45) is 4.99 Å². The largest absolute Gasteiger partial charge is 0.392 e. The highest BCUT2D eigenvalue weighted by atomic mass is 19.1. The number of benzene rings is 3. The minimum atomic E-state index is -0.456.